The maximum atomic E-state index is 12.5. The summed E-state index contributed by atoms with van der Waals surface area (Å²) in [6.45, 7) is 8.26. The number of anilines is 1. The standard InChI is InChI=1S/C22H23ClN4O2S/c1-5-10-27-21(17-12-16(23)8-9-19(17)29-4)25-26-22(27)30-13-20(28)24-18-11-14(2)6-7-15(18)3/h5-9,11-12H,1,10,13H2,2-4H3,(H,24,28). The first-order valence-electron chi connectivity index (χ1n) is 9.31. The van der Waals surface area contributed by atoms with Crippen molar-refractivity contribution in [3.05, 3.63) is 65.2 Å². The molecular formula is C22H23ClN4O2S. The molecule has 0 fully saturated rings. The molecule has 156 valence electrons. The number of nitrogens with one attached hydrogen (secondary N) is 1. The number of halogens is 1. The predicted molar refractivity (Wildman–Crippen MR) is 122 cm³/mol. The zero-order valence-electron chi connectivity index (χ0n) is 17.1. The molecule has 1 N–H and O–H groups in total. The highest BCUT2D eigenvalue weighted by molar-refractivity contribution is 7.99. The van der Waals surface area contributed by atoms with E-state index in [4.69, 9.17) is 16.3 Å². The molecule has 30 heavy (non-hydrogen) atoms. The number of carbonyl (C=O) groups excluding carboxylic acids is 1. The maximum absolute atomic E-state index is 12.5. The van der Waals surface area contributed by atoms with Crippen LogP contribution in [-0.2, 0) is 11.3 Å². The van der Waals surface area contributed by atoms with Crippen LogP contribution in [0.2, 0.25) is 5.02 Å². The molecular weight excluding hydrogens is 420 g/mol. The van der Waals surface area contributed by atoms with E-state index in [1.165, 1.54) is 11.8 Å². The molecule has 3 aromatic rings. The van der Waals surface area contributed by atoms with Gasteiger partial charge in [-0.05, 0) is 49.2 Å². The molecule has 1 heterocycles. The van der Waals surface area contributed by atoms with Crippen molar-refractivity contribution < 1.29 is 9.53 Å². The third kappa shape index (κ3) is 5.04. The van der Waals surface area contributed by atoms with Gasteiger partial charge in [0.2, 0.25) is 5.91 Å². The molecule has 0 radical (unpaired) electrons. The second-order valence-corrected chi connectivity index (χ2v) is 8.08. The first-order valence-corrected chi connectivity index (χ1v) is 10.7. The Morgan fingerprint density at radius 1 is 1.27 bits per heavy atom. The first kappa shape index (κ1) is 21.9. The van der Waals surface area contributed by atoms with Crippen molar-refractivity contribution in [2.75, 3.05) is 18.2 Å². The Labute approximate surface area is 185 Å². The summed E-state index contributed by atoms with van der Waals surface area (Å²) in [6, 6.07) is 11.3. The van der Waals surface area contributed by atoms with Gasteiger partial charge in [-0.3, -0.25) is 9.36 Å². The van der Waals surface area contributed by atoms with Crippen molar-refractivity contribution >= 4 is 35.0 Å². The zero-order chi connectivity index (χ0) is 21.7. The number of aryl methyl sites for hydroxylation is 2. The SMILES string of the molecule is C=CCn1c(SCC(=O)Nc2cc(C)ccc2C)nnc1-c1cc(Cl)ccc1OC. The topological polar surface area (TPSA) is 69.0 Å². The Morgan fingerprint density at radius 2 is 2.07 bits per heavy atom. The van der Waals surface area contributed by atoms with E-state index in [0.717, 1.165) is 22.4 Å². The number of hydrogen-bond acceptors (Lipinski definition) is 5. The van der Waals surface area contributed by atoms with Crippen molar-refractivity contribution in [3.63, 3.8) is 0 Å². The van der Waals surface area contributed by atoms with Crippen LogP contribution in [0.4, 0.5) is 5.69 Å². The van der Waals surface area contributed by atoms with E-state index >= 15 is 0 Å². The fourth-order valence-corrected chi connectivity index (χ4v) is 3.85. The molecule has 1 aromatic heterocycles. The van der Waals surface area contributed by atoms with Gasteiger partial charge in [0.15, 0.2) is 11.0 Å². The molecule has 0 spiro atoms. The molecule has 3 rings (SSSR count). The van der Waals surface area contributed by atoms with Crippen LogP contribution in [0, 0.1) is 13.8 Å². The van der Waals surface area contributed by atoms with Crippen molar-refractivity contribution in [2.45, 2.75) is 25.5 Å². The smallest absolute Gasteiger partial charge is 0.234 e. The molecule has 0 aliphatic carbocycles. The predicted octanol–water partition coefficient (Wildman–Crippen LogP) is 5.14. The van der Waals surface area contributed by atoms with E-state index in [1.807, 2.05) is 36.6 Å². The summed E-state index contributed by atoms with van der Waals surface area (Å²) in [7, 11) is 1.59. The lowest BCUT2D eigenvalue weighted by Gasteiger charge is -2.12. The fourth-order valence-electron chi connectivity index (χ4n) is 2.93. The molecule has 0 aliphatic rings. The van der Waals surface area contributed by atoms with Gasteiger partial charge in [-0.25, -0.2) is 0 Å². The number of hydrogen-bond donors (Lipinski definition) is 1. The van der Waals surface area contributed by atoms with Crippen LogP contribution in [0.15, 0.2) is 54.2 Å². The highest BCUT2D eigenvalue weighted by atomic mass is 35.5. The third-order valence-electron chi connectivity index (χ3n) is 4.43. The quantitative estimate of drug-likeness (QED) is 0.386. The van der Waals surface area contributed by atoms with E-state index in [2.05, 4.69) is 22.1 Å². The van der Waals surface area contributed by atoms with Gasteiger partial charge in [0.25, 0.3) is 0 Å². The van der Waals surface area contributed by atoms with Gasteiger partial charge in [-0.15, -0.1) is 16.8 Å². The van der Waals surface area contributed by atoms with Gasteiger partial charge >= 0.3 is 0 Å². The maximum Gasteiger partial charge on any atom is 0.234 e. The van der Waals surface area contributed by atoms with Crippen LogP contribution < -0.4 is 10.1 Å². The van der Waals surface area contributed by atoms with E-state index < -0.39 is 0 Å². The summed E-state index contributed by atoms with van der Waals surface area (Å²) >= 11 is 7.49. The second kappa shape index (κ2) is 9.82. The molecule has 0 saturated carbocycles. The van der Waals surface area contributed by atoms with Crippen molar-refractivity contribution in [1.82, 2.24) is 14.8 Å². The largest absolute Gasteiger partial charge is 0.496 e. The lowest BCUT2D eigenvalue weighted by atomic mass is 10.1. The van der Waals surface area contributed by atoms with Gasteiger partial charge in [0.05, 0.1) is 18.4 Å². The summed E-state index contributed by atoms with van der Waals surface area (Å²) in [4.78, 5) is 12.5. The van der Waals surface area contributed by atoms with E-state index in [-0.39, 0.29) is 11.7 Å². The summed E-state index contributed by atoms with van der Waals surface area (Å²) in [5.74, 6) is 1.34. The Morgan fingerprint density at radius 3 is 2.80 bits per heavy atom. The third-order valence-corrected chi connectivity index (χ3v) is 5.63. The lowest BCUT2D eigenvalue weighted by Crippen LogP contribution is -2.15. The Bertz CT molecular complexity index is 1080. The van der Waals surface area contributed by atoms with Gasteiger partial charge < -0.3 is 10.1 Å². The number of methoxy groups -OCH3 is 1. The fraction of sp³-hybridized carbons (Fsp3) is 0.227. The molecule has 0 saturated heterocycles. The highest BCUT2D eigenvalue weighted by Gasteiger charge is 2.18. The molecule has 1 amide bonds. The van der Waals surface area contributed by atoms with Crippen molar-refractivity contribution in [2.24, 2.45) is 0 Å². The van der Waals surface area contributed by atoms with Gasteiger partial charge in [0, 0.05) is 17.3 Å². The summed E-state index contributed by atoms with van der Waals surface area (Å²) in [5.41, 5.74) is 3.65. The van der Waals surface area contributed by atoms with E-state index in [9.17, 15) is 4.79 Å². The Balaban J connectivity index is 1.80. The zero-order valence-corrected chi connectivity index (χ0v) is 18.7. The van der Waals surface area contributed by atoms with E-state index in [0.29, 0.717) is 28.3 Å². The van der Waals surface area contributed by atoms with Crippen molar-refractivity contribution in [3.8, 4) is 17.1 Å². The van der Waals surface area contributed by atoms with Crippen molar-refractivity contribution in [1.29, 1.82) is 0 Å². The average Bonchev–Trinajstić information content (AvgIpc) is 3.12. The number of rotatable bonds is 8. The molecule has 0 atom stereocenters. The average molecular weight is 443 g/mol. The normalized spacial score (nSPS) is 10.7. The van der Waals surface area contributed by atoms with E-state index in [1.54, 1.807) is 31.4 Å². The minimum Gasteiger partial charge on any atom is -0.496 e. The van der Waals surface area contributed by atoms with Gasteiger partial charge in [-0.1, -0.05) is 41.6 Å². The Kier molecular flexibility index (Phi) is 7.18. The summed E-state index contributed by atoms with van der Waals surface area (Å²) in [5, 5.41) is 12.7. The number of ether oxygens (including phenoxy) is 1. The second-order valence-electron chi connectivity index (χ2n) is 6.71. The number of carbonyl (C=O) groups is 1. The Hall–Kier alpha value is -2.77. The number of thioether (sulfide) groups is 1. The number of nitrogens with zero attached hydrogens (tertiary/aromatic N) is 3. The van der Waals surface area contributed by atoms with Crippen LogP contribution in [0.1, 0.15) is 11.1 Å². The minimum atomic E-state index is -0.108. The molecule has 6 nitrogen and oxygen atoms in total. The van der Waals surface area contributed by atoms with Crippen LogP contribution in [0.3, 0.4) is 0 Å². The lowest BCUT2D eigenvalue weighted by molar-refractivity contribution is -0.113. The highest BCUT2D eigenvalue weighted by Crippen LogP contribution is 2.33. The molecule has 0 bridgehead atoms. The summed E-state index contributed by atoms with van der Waals surface area (Å²) < 4.78 is 7.33. The number of amides is 1. The van der Waals surface area contributed by atoms with Crippen LogP contribution >= 0.6 is 23.4 Å². The van der Waals surface area contributed by atoms with Gasteiger partial charge in [-0.2, -0.15) is 0 Å². The molecule has 8 heteroatoms. The van der Waals surface area contributed by atoms with Crippen LogP contribution in [0.5, 0.6) is 5.75 Å². The molecule has 0 unspecified atom stereocenters. The van der Waals surface area contributed by atoms with Crippen LogP contribution in [0.25, 0.3) is 11.4 Å². The number of aromatic nitrogens is 3. The first-order chi connectivity index (χ1) is 14.4. The van der Waals surface area contributed by atoms with Gasteiger partial charge in [0.1, 0.15) is 5.75 Å². The molecule has 0 aliphatic heterocycles. The summed E-state index contributed by atoms with van der Waals surface area (Å²) in [6.07, 6.45) is 1.75. The number of benzene rings is 2. The van der Waals surface area contributed by atoms with Crippen LogP contribution in [-0.4, -0.2) is 33.5 Å². The monoisotopic (exact) mass is 442 g/mol. The molecule has 2 aromatic carbocycles. The minimum absolute atomic E-state index is 0.108. The number of allylic oxidation sites excluding steroid dienone is 1.